The summed E-state index contributed by atoms with van der Waals surface area (Å²) in [5, 5.41) is 0.501. The fourth-order valence-electron chi connectivity index (χ4n) is 4.09. The van der Waals surface area contributed by atoms with Crippen LogP contribution in [-0.4, -0.2) is 40.5 Å². The van der Waals surface area contributed by atoms with E-state index in [1.807, 2.05) is 25.8 Å². The van der Waals surface area contributed by atoms with Crippen molar-refractivity contribution in [2.75, 3.05) is 20.1 Å². The molecule has 0 spiro atoms. The number of amides is 1. The van der Waals surface area contributed by atoms with Crippen molar-refractivity contribution in [3.05, 3.63) is 48.0 Å². The van der Waals surface area contributed by atoms with Gasteiger partial charge in [-0.05, 0) is 44.2 Å². The number of nitrogens with zero attached hydrogens (tertiary/aromatic N) is 2. The first-order valence-electron chi connectivity index (χ1n) is 9.87. The fraction of sp³-hybridized carbons (Fsp3) is 0.591. The molecule has 4 heteroatoms. The van der Waals surface area contributed by atoms with Crippen molar-refractivity contribution >= 4 is 17.9 Å². The third-order valence-corrected chi connectivity index (χ3v) is 7.10. The minimum absolute atomic E-state index is 0.105. The topological polar surface area (TPSA) is 23.6 Å². The summed E-state index contributed by atoms with van der Waals surface area (Å²) < 4.78 is 2.38. The quantitative estimate of drug-likeness (QED) is 0.549. The number of carbonyl (C=O) groups excluding carboxylic acids is 1. The highest BCUT2D eigenvalue weighted by molar-refractivity contribution is 7.97. The third kappa shape index (κ3) is 4.52. The molecule has 1 amide bonds. The second-order valence-electron chi connectivity index (χ2n) is 8.05. The minimum Gasteiger partial charge on any atom is -0.342 e. The molecule has 26 heavy (non-hydrogen) atoms. The summed E-state index contributed by atoms with van der Waals surface area (Å²) in [5.41, 5.74) is 1.35. The lowest BCUT2D eigenvalue weighted by Gasteiger charge is -2.42. The maximum atomic E-state index is 12.4. The monoisotopic (exact) mass is 372 g/mol. The fourth-order valence-corrected chi connectivity index (χ4v) is 5.31. The molecule has 142 valence electrons. The Morgan fingerprint density at radius 3 is 2.62 bits per heavy atom. The maximum Gasteiger partial charge on any atom is 0.225 e. The highest BCUT2D eigenvalue weighted by Crippen LogP contribution is 2.39. The summed E-state index contributed by atoms with van der Waals surface area (Å²) in [5.74, 6) is 1.68. The Bertz CT molecular complexity index is 630. The van der Waals surface area contributed by atoms with Gasteiger partial charge in [0.1, 0.15) is 0 Å². The number of allylic oxidation sites excluding steroid dienone is 1. The van der Waals surface area contributed by atoms with Crippen molar-refractivity contribution in [2.45, 2.75) is 44.9 Å². The summed E-state index contributed by atoms with van der Waals surface area (Å²) in [4.78, 5) is 14.5. The molecule has 4 unspecified atom stereocenters. The molecule has 0 bridgehead atoms. The van der Waals surface area contributed by atoms with Gasteiger partial charge in [-0.15, -0.1) is 0 Å². The zero-order chi connectivity index (χ0) is 18.7. The third-order valence-electron chi connectivity index (χ3n) is 5.84. The molecule has 1 aromatic rings. The van der Waals surface area contributed by atoms with Gasteiger partial charge in [-0.1, -0.05) is 68.3 Å². The zero-order valence-electron chi connectivity index (χ0n) is 16.5. The van der Waals surface area contributed by atoms with Crippen molar-refractivity contribution in [3.63, 3.8) is 0 Å². The first-order chi connectivity index (χ1) is 12.5. The van der Waals surface area contributed by atoms with Crippen molar-refractivity contribution in [1.29, 1.82) is 0 Å². The lowest BCUT2D eigenvalue weighted by Crippen LogP contribution is -2.46. The van der Waals surface area contributed by atoms with Gasteiger partial charge in [0.2, 0.25) is 5.91 Å². The van der Waals surface area contributed by atoms with Crippen LogP contribution in [0.3, 0.4) is 0 Å². The van der Waals surface area contributed by atoms with Crippen LogP contribution in [0.5, 0.6) is 0 Å². The van der Waals surface area contributed by atoms with Gasteiger partial charge in [0.25, 0.3) is 0 Å². The molecular formula is C22H32N2OS. The molecule has 3 rings (SSSR count). The van der Waals surface area contributed by atoms with E-state index in [2.05, 4.69) is 65.7 Å². The van der Waals surface area contributed by atoms with Gasteiger partial charge in [-0.2, -0.15) is 0 Å². The summed E-state index contributed by atoms with van der Waals surface area (Å²) in [6.45, 7) is 8.13. The highest BCUT2D eigenvalue weighted by Gasteiger charge is 2.35. The lowest BCUT2D eigenvalue weighted by atomic mass is 9.78. The standard InChI is InChI=1S/C22H32N2OS/c1-16(2)22(25)24-13-12-19-10-11-21(14-20(19)15-24)26-23(4)17(3)18-8-6-5-7-9-18/h5-11,16-17,19-21H,12-15H2,1-4H3. The summed E-state index contributed by atoms with van der Waals surface area (Å²) >= 11 is 1.94. The van der Waals surface area contributed by atoms with E-state index in [9.17, 15) is 4.79 Å². The number of rotatable bonds is 5. The number of piperidine rings is 1. The molecule has 1 aliphatic heterocycles. The molecule has 3 nitrogen and oxygen atoms in total. The normalized spacial score (nSPS) is 26.8. The predicted molar refractivity (Wildman–Crippen MR) is 111 cm³/mol. The molecule has 0 saturated carbocycles. The van der Waals surface area contributed by atoms with Crippen LogP contribution in [0.25, 0.3) is 0 Å². The van der Waals surface area contributed by atoms with Gasteiger partial charge in [-0.25, -0.2) is 4.31 Å². The molecule has 0 radical (unpaired) electrons. The first kappa shape index (κ1) is 19.5. The van der Waals surface area contributed by atoms with Crippen LogP contribution in [0.1, 0.15) is 45.2 Å². The summed E-state index contributed by atoms with van der Waals surface area (Å²) in [7, 11) is 2.19. The van der Waals surface area contributed by atoms with E-state index < -0.39 is 0 Å². The van der Waals surface area contributed by atoms with Crippen LogP contribution >= 0.6 is 11.9 Å². The van der Waals surface area contributed by atoms with Crippen molar-refractivity contribution in [2.24, 2.45) is 17.8 Å². The number of hydrogen-bond acceptors (Lipinski definition) is 3. The Labute approximate surface area is 163 Å². The van der Waals surface area contributed by atoms with Gasteiger partial charge in [-0.3, -0.25) is 4.79 Å². The SMILES string of the molecule is CC(C)C(=O)N1CCC2C=CC(SN(C)C(C)c3ccccc3)CC2C1. The molecule has 1 aliphatic carbocycles. The lowest BCUT2D eigenvalue weighted by molar-refractivity contribution is -0.136. The summed E-state index contributed by atoms with van der Waals surface area (Å²) in [6, 6.07) is 11.1. The van der Waals surface area contributed by atoms with Crippen LogP contribution in [0.2, 0.25) is 0 Å². The van der Waals surface area contributed by atoms with Crippen LogP contribution in [-0.2, 0) is 4.79 Å². The van der Waals surface area contributed by atoms with E-state index in [1.165, 1.54) is 12.0 Å². The summed E-state index contributed by atoms with van der Waals surface area (Å²) in [6.07, 6.45) is 7.11. The van der Waals surface area contributed by atoms with Gasteiger partial charge in [0.05, 0.1) is 0 Å². The molecule has 0 aromatic heterocycles. The van der Waals surface area contributed by atoms with Gasteiger partial charge in [0.15, 0.2) is 0 Å². The van der Waals surface area contributed by atoms with Crippen LogP contribution in [0.4, 0.5) is 0 Å². The van der Waals surface area contributed by atoms with Crippen LogP contribution in [0, 0.1) is 17.8 Å². The number of fused-ring (bicyclic) bond motifs is 1. The number of hydrogen-bond donors (Lipinski definition) is 0. The maximum absolute atomic E-state index is 12.4. The Morgan fingerprint density at radius 2 is 1.92 bits per heavy atom. The molecule has 1 saturated heterocycles. The molecule has 1 fully saturated rings. The van der Waals surface area contributed by atoms with Crippen LogP contribution < -0.4 is 0 Å². The number of carbonyl (C=O) groups is 1. The van der Waals surface area contributed by atoms with E-state index >= 15 is 0 Å². The number of likely N-dealkylation sites (tertiary alicyclic amines) is 1. The molecule has 1 heterocycles. The second-order valence-corrected chi connectivity index (χ2v) is 9.44. The van der Waals surface area contributed by atoms with Gasteiger partial charge >= 0.3 is 0 Å². The zero-order valence-corrected chi connectivity index (χ0v) is 17.3. The average molecular weight is 373 g/mol. The van der Waals surface area contributed by atoms with E-state index in [0.717, 1.165) is 19.5 Å². The highest BCUT2D eigenvalue weighted by atomic mass is 32.2. The average Bonchev–Trinajstić information content (AvgIpc) is 2.66. The Kier molecular flexibility index (Phi) is 6.46. The molecule has 2 aliphatic rings. The Morgan fingerprint density at radius 1 is 1.19 bits per heavy atom. The second kappa shape index (κ2) is 8.62. The number of benzene rings is 1. The molecule has 4 atom stereocenters. The van der Waals surface area contributed by atoms with E-state index in [4.69, 9.17) is 0 Å². The smallest absolute Gasteiger partial charge is 0.225 e. The molecular weight excluding hydrogens is 340 g/mol. The first-order valence-corrected chi connectivity index (χ1v) is 10.7. The van der Waals surface area contributed by atoms with Crippen molar-refractivity contribution in [1.82, 2.24) is 9.21 Å². The van der Waals surface area contributed by atoms with Gasteiger partial charge in [0, 0.05) is 30.3 Å². The minimum atomic E-state index is 0.105. The van der Waals surface area contributed by atoms with Crippen molar-refractivity contribution < 1.29 is 4.79 Å². The van der Waals surface area contributed by atoms with E-state index in [0.29, 0.717) is 29.0 Å². The Hall–Kier alpha value is -1.26. The molecule has 0 N–H and O–H groups in total. The van der Waals surface area contributed by atoms with Crippen molar-refractivity contribution in [3.8, 4) is 0 Å². The van der Waals surface area contributed by atoms with E-state index in [-0.39, 0.29) is 5.92 Å². The Balaban J connectivity index is 1.58. The van der Waals surface area contributed by atoms with E-state index in [1.54, 1.807) is 0 Å². The molecule has 1 aromatic carbocycles. The predicted octanol–water partition coefficient (Wildman–Crippen LogP) is 4.78. The largest absolute Gasteiger partial charge is 0.342 e. The van der Waals surface area contributed by atoms with Crippen LogP contribution in [0.15, 0.2) is 42.5 Å². The van der Waals surface area contributed by atoms with Gasteiger partial charge < -0.3 is 4.90 Å².